The first-order valence-corrected chi connectivity index (χ1v) is 6.68. The number of nitrogens with zero attached hydrogens (tertiary/aromatic N) is 3. The number of aliphatic hydroxyl groups is 1. The molecule has 21 heavy (non-hydrogen) atoms. The normalized spacial score (nSPS) is 10.8. The van der Waals surface area contributed by atoms with Crippen molar-refractivity contribution in [3.8, 4) is 17.1 Å². The third kappa shape index (κ3) is 4.14. The van der Waals surface area contributed by atoms with Gasteiger partial charge in [0.15, 0.2) is 0 Å². The van der Waals surface area contributed by atoms with Crippen LogP contribution >= 0.6 is 0 Å². The van der Waals surface area contributed by atoms with E-state index in [0.717, 1.165) is 11.3 Å². The van der Waals surface area contributed by atoms with Gasteiger partial charge in [-0.25, -0.2) is 0 Å². The van der Waals surface area contributed by atoms with Crippen molar-refractivity contribution >= 4 is 0 Å². The van der Waals surface area contributed by atoms with Crippen LogP contribution in [0.3, 0.4) is 0 Å². The summed E-state index contributed by atoms with van der Waals surface area (Å²) in [4.78, 5) is 6.34. The number of aliphatic hydroxyl groups excluding tert-OH is 1. The van der Waals surface area contributed by atoms with Gasteiger partial charge in [-0.1, -0.05) is 23.4 Å². The summed E-state index contributed by atoms with van der Waals surface area (Å²) in [7, 11) is 1.61. The fourth-order valence-electron chi connectivity index (χ4n) is 1.95. The van der Waals surface area contributed by atoms with Crippen LogP contribution in [0.25, 0.3) is 11.4 Å². The maximum Gasteiger partial charge on any atom is 0.241 e. The lowest BCUT2D eigenvalue weighted by Gasteiger charge is -2.16. The molecule has 1 aromatic heterocycles. The van der Waals surface area contributed by atoms with Crippen molar-refractivity contribution in [2.75, 3.05) is 26.8 Å². The molecule has 0 saturated carbocycles. The van der Waals surface area contributed by atoms with Crippen molar-refractivity contribution in [2.24, 2.45) is 0 Å². The smallest absolute Gasteiger partial charge is 0.241 e. The molecule has 1 N–H and O–H groups in total. The summed E-state index contributed by atoms with van der Waals surface area (Å²) < 4.78 is 10.4. The molecule has 0 amide bonds. The topological polar surface area (TPSA) is 71.6 Å². The third-order valence-corrected chi connectivity index (χ3v) is 2.96. The van der Waals surface area contributed by atoms with E-state index in [9.17, 15) is 0 Å². The molecule has 0 fully saturated rings. The van der Waals surface area contributed by atoms with Gasteiger partial charge in [-0.05, 0) is 12.1 Å². The molecule has 2 rings (SSSR count). The minimum absolute atomic E-state index is 0.0741. The molecule has 0 aliphatic rings. The highest BCUT2D eigenvalue weighted by Crippen LogP contribution is 2.21. The number of rotatable bonds is 8. The van der Waals surface area contributed by atoms with Crippen molar-refractivity contribution in [2.45, 2.75) is 6.54 Å². The van der Waals surface area contributed by atoms with Crippen molar-refractivity contribution < 1.29 is 14.4 Å². The van der Waals surface area contributed by atoms with E-state index >= 15 is 0 Å². The van der Waals surface area contributed by atoms with E-state index in [-0.39, 0.29) is 6.61 Å². The Morgan fingerprint density at radius 2 is 2.33 bits per heavy atom. The van der Waals surface area contributed by atoms with Crippen LogP contribution in [0.2, 0.25) is 0 Å². The van der Waals surface area contributed by atoms with Gasteiger partial charge in [-0.2, -0.15) is 4.98 Å². The zero-order valence-electron chi connectivity index (χ0n) is 12.0. The van der Waals surface area contributed by atoms with Gasteiger partial charge in [0, 0.05) is 18.7 Å². The largest absolute Gasteiger partial charge is 0.497 e. The third-order valence-electron chi connectivity index (χ3n) is 2.96. The molecular weight excluding hydrogens is 270 g/mol. The highest BCUT2D eigenvalue weighted by atomic mass is 16.5. The summed E-state index contributed by atoms with van der Waals surface area (Å²) >= 11 is 0. The van der Waals surface area contributed by atoms with Gasteiger partial charge in [0.2, 0.25) is 11.7 Å². The Morgan fingerprint density at radius 1 is 1.48 bits per heavy atom. The molecular formula is C15H19N3O3. The lowest BCUT2D eigenvalue weighted by Crippen LogP contribution is -2.26. The molecule has 0 aliphatic heterocycles. The van der Waals surface area contributed by atoms with Gasteiger partial charge < -0.3 is 14.4 Å². The fourth-order valence-corrected chi connectivity index (χ4v) is 1.95. The average molecular weight is 289 g/mol. The Bertz CT molecular complexity index is 583. The van der Waals surface area contributed by atoms with E-state index in [1.807, 2.05) is 29.2 Å². The van der Waals surface area contributed by atoms with Gasteiger partial charge in [-0.3, -0.25) is 4.90 Å². The average Bonchev–Trinajstić information content (AvgIpc) is 2.96. The summed E-state index contributed by atoms with van der Waals surface area (Å²) in [6.45, 7) is 5.42. The fraction of sp³-hybridized carbons (Fsp3) is 0.333. The van der Waals surface area contributed by atoms with E-state index in [2.05, 4.69) is 16.7 Å². The lowest BCUT2D eigenvalue weighted by molar-refractivity contribution is 0.186. The molecule has 0 radical (unpaired) electrons. The van der Waals surface area contributed by atoms with E-state index in [4.69, 9.17) is 14.4 Å². The second-order valence-corrected chi connectivity index (χ2v) is 4.49. The Kier molecular flexibility index (Phi) is 5.48. The summed E-state index contributed by atoms with van der Waals surface area (Å²) in [5.74, 6) is 1.77. The summed E-state index contributed by atoms with van der Waals surface area (Å²) in [5, 5.41) is 13.0. The lowest BCUT2D eigenvalue weighted by atomic mass is 10.2. The minimum atomic E-state index is 0.0741. The SMILES string of the molecule is C=CCN(CCO)Cc1nc(-c2cccc(OC)c2)no1. The zero-order valence-corrected chi connectivity index (χ0v) is 12.0. The van der Waals surface area contributed by atoms with Crippen molar-refractivity contribution in [3.63, 3.8) is 0 Å². The van der Waals surface area contributed by atoms with Gasteiger partial charge in [-0.15, -0.1) is 6.58 Å². The summed E-state index contributed by atoms with van der Waals surface area (Å²) in [6, 6.07) is 7.48. The second-order valence-electron chi connectivity index (χ2n) is 4.49. The number of aromatic nitrogens is 2. The van der Waals surface area contributed by atoms with Gasteiger partial charge in [0.25, 0.3) is 0 Å². The van der Waals surface area contributed by atoms with Crippen LogP contribution in [0, 0.1) is 0 Å². The molecule has 0 aliphatic carbocycles. The van der Waals surface area contributed by atoms with Gasteiger partial charge in [0.05, 0.1) is 20.3 Å². The minimum Gasteiger partial charge on any atom is -0.497 e. The second kappa shape index (κ2) is 7.56. The monoisotopic (exact) mass is 289 g/mol. The predicted octanol–water partition coefficient (Wildman–Crippen LogP) is 1.73. The van der Waals surface area contributed by atoms with Gasteiger partial charge >= 0.3 is 0 Å². The molecule has 1 heterocycles. The Balaban J connectivity index is 2.11. The molecule has 2 aromatic rings. The Morgan fingerprint density at radius 3 is 3.05 bits per heavy atom. The van der Waals surface area contributed by atoms with Crippen LogP contribution < -0.4 is 4.74 Å². The molecule has 0 saturated heterocycles. The van der Waals surface area contributed by atoms with E-state index in [1.54, 1.807) is 13.2 Å². The van der Waals surface area contributed by atoms with E-state index in [1.165, 1.54) is 0 Å². The van der Waals surface area contributed by atoms with Crippen LogP contribution in [-0.4, -0.2) is 47.0 Å². The number of benzene rings is 1. The van der Waals surface area contributed by atoms with E-state index < -0.39 is 0 Å². The molecule has 1 aromatic carbocycles. The Hall–Kier alpha value is -2.18. The summed E-state index contributed by atoms with van der Waals surface area (Å²) in [6.07, 6.45) is 1.77. The van der Waals surface area contributed by atoms with Crippen LogP contribution in [0.1, 0.15) is 5.89 Å². The zero-order chi connectivity index (χ0) is 15.1. The first-order chi connectivity index (χ1) is 10.3. The van der Waals surface area contributed by atoms with Crippen molar-refractivity contribution in [1.29, 1.82) is 0 Å². The number of hydrogen-bond donors (Lipinski definition) is 1. The van der Waals surface area contributed by atoms with Crippen molar-refractivity contribution in [3.05, 3.63) is 42.8 Å². The maximum atomic E-state index is 9.03. The van der Waals surface area contributed by atoms with Crippen molar-refractivity contribution in [1.82, 2.24) is 15.0 Å². The van der Waals surface area contributed by atoms with Crippen LogP contribution in [0.4, 0.5) is 0 Å². The number of methoxy groups -OCH3 is 1. The number of hydrogen-bond acceptors (Lipinski definition) is 6. The summed E-state index contributed by atoms with van der Waals surface area (Å²) in [5.41, 5.74) is 0.835. The molecule has 6 nitrogen and oxygen atoms in total. The van der Waals surface area contributed by atoms with E-state index in [0.29, 0.717) is 31.3 Å². The van der Waals surface area contributed by atoms with Crippen LogP contribution in [0.15, 0.2) is 41.4 Å². The number of ether oxygens (including phenoxy) is 1. The van der Waals surface area contributed by atoms with Gasteiger partial charge in [0.1, 0.15) is 5.75 Å². The highest BCUT2D eigenvalue weighted by Gasteiger charge is 2.12. The molecule has 0 spiro atoms. The molecule has 6 heteroatoms. The Labute approximate surface area is 123 Å². The maximum absolute atomic E-state index is 9.03. The van der Waals surface area contributed by atoms with Crippen LogP contribution in [-0.2, 0) is 6.54 Å². The van der Waals surface area contributed by atoms with Crippen LogP contribution in [0.5, 0.6) is 5.75 Å². The molecule has 112 valence electrons. The first-order valence-electron chi connectivity index (χ1n) is 6.68. The standard InChI is InChI=1S/C15H19N3O3/c1-3-7-18(8-9-19)11-14-16-15(17-21-14)12-5-4-6-13(10-12)20-2/h3-6,10,19H,1,7-9,11H2,2H3. The molecule has 0 unspecified atom stereocenters. The highest BCUT2D eigenvalue weighted by molar-refractivity contribution is 5.56. The molecule has 0 atom stereocenters. The predicted molar refractivity (Wildman–Crippen MR) is 78.8 cm³/mol. The quantitative estimate of drug-likeness (QED) is 0.746. The molecule has 0 bridgehead atoms. The first kappa shape index (κ1) is 15.2.